The van der Waals surface area contributed by atoms with E-state index >= 15 is 0 Å². The Balaban J connectivity index is 3.33. The van der Waals surface area contributed by atoms with Gasteiger partial charge in [0.05, 0.1) is 5.02 Å². The second-order valence-electron chi connectivity index (χ2n) is 2.71. The lowest BCUT2D eigenvalue weighted by molar-refractivity contribution is 0.374. The highest BCUT2D eigenvalue weighted by Crippen LogP contribution is 2.34. The van der Waals surface area contributed by atoms with Crippen molar-refractivity contribution in [3.05, 3.63) is 33.3 Å². The van der Waals surface area contributed by atoms with Crippen LogP contribution in [-0.4, -0.2) is 0 Å². The fourth-order valence-electron chi connectivity index (χ4n) is 1.04. The Bertz CT molecular complexity index is 295. The number of aryl methyl sites for hydroxylation is 1. The second kappa shape index (κ2) is 3.63. The van der Waals surface area contributed by atoms with E-state index in [1.165, 1.54) is 6.92 Å². The summed E-state index contributed by atoms with van der Waals surface area (Å²) < 4.78 is 13.0. The van der Waals surface area contributed by atoms with Gasteiger partial charge < -0.3 is 0 Å². The molecule has 0 aliphatic carbocycles. The van der Waals surface area contributed by atoms with Crippen LogP contribution in [0.4, 0.5) is 4.39 Å². The van der Waals surface area contributed by atoms with Crippen molar-refractivity contribution < 1.29 is 4.39 Å². The van der Waals surface area contributed by atoms with E-state index in [0.29, 0.717) is 15.6 Å². The van der Waals surface area contributed by atoms with E-state index < -0.39 is 6.17 Å². The lowest BCUT2D eigenvalue weighted by Gasteiger charge is -2.09. The molecule has 0 bridgehead atoms. The lowest BCUT2D eigenvalue weighted by atomic mass is 10.1. The average Bonchev–Trinajstić information content (AvgIpc) is 1.97. The molecule has 0 nitrogen and oxygen atoms in total. The monoisotopic (exact) mass is 206 g/mol. The molecule has 3 heteroatoms. The summed E-state index contributed by atoms with van der Waals surface area (Å²) in [5.41, 5.74) is 1.24. The van der Waals surface area contributed by atoms with Gasteiger partial charge in [0.25, 0.3) is 0 Å². The van der Waals surface area contributed by atoms with Crippen molar-refractivity contribution in [1.82, 2.24) is 0 Å². The molecular formula is C9H9Cl2F. The van der Waals surface area contributed by atoms with Gasteiger partial charge >= 0.3 is 0 Å². The molecule has 0 aromatic heterocycles. The van der Waals surface area contributed by atoms with E-state index in [2.05, 4.69) is 0 Å². The van der Waals surface area contributed by atoms with Crippen molar-refractivity contribution in [2.75, 3.05) is 0 Å². The van der Waals surface area contributed by atoms with E-state index in [0.717, 1.165) is 5.56 Å². The van der Waals surface area contributed by atoms with Crippen LogP contribution in [0, 0.1) is 6.92 Å². The van der Waals surface area contributed by atoms with Crippen LogP contribution in [-0.2, 0) is 0 Å². The zero-order valence-electron chi connectivity index (χ0n) is 6.87. The quantitative estimate of drug-likeness (QED) is 0.642. The lowest BCUT2D eigenvalue weighted by Crippen LogP contribution is -1.91. The molecular weight excluding hydrogens is 198 g/mol. The number of benzene rings is 1. The number of halogens is 3. The Kier molecular flexibility index (Phi) is 2.97. The molecule has 0 heterocycles. The molecule has 66 valence electrons. The van der Waals surface area contributed by atoms with Gasteiger partial charge in [-0.05, 0) is 25.5 Å². The molecule has 1 unspecified atom stereocenters. The van der Waals surface area contributed by atoms with Crippen LogP contribution in [0.5, 0.6) is 0 Å². The van der Waals surface area contributed by atoms with Gasteiger partial charge in [0.2, 0.25) is 0 Å². The summed E-state index contributed by atoms with van der Waals surface area (Å²) in [7, 11) is 0. The summed E-state index contributed by atoms with van der Waals surface area (Å²) in [6, 6.07) is 3.44. The summed E-state index contributed by atoms with van der Waals surface area (Å²) >= 11 is 11.6. The Hall–Kier alpha value is -0.270. The van der Waals surface area contributed by atoms with E-state index in [4.69, 9.17) is 23.2 Å². The zero-order chi connectivity index (χ0) is 9.30. The molecule has 0 radical (unpaired) electrons. The topological polar surface area (TPSA) is 0 Å². The first-order valence-corrected chi connectivity index (χ1v) is 4.38. The van der Waals surface area contributed by atoms with Crippen LogP contribution < -0.4 is 0 Å². The highest BCUT2D eigenvalue weighted by molar-refractivity contribution is 6.36. The van der Waals surface area contributed by atoms with Crippen LogP contribution in [0.1, 0.15) is 24.2 Å². The third-order valence-corrected chi connectivity index (χ3v) is 2.55. The van der Waals surface area contributed by atoms with Crippen molar-refractivity contribution in [1.29, 1.82) is 0 Å². The van der Waals surface area contributed by atoms with Crippen molar-refractivity contribution in [2.24, 2.45) is 0 Å². The van der Waals surface area contributed by atoms with Gasteiger partial charge in [-0.2, -0.15) is 0 Å². The fraction of sp³-hybridized carbons (Fsp3) is 0.333. The highest BCUT2D eigenvalue weighted by atomic mass is 35.5. The van der Waals surface area contributed by atoms with Gasteiger partial charge in [-0.15, -0.1) is 0 Å². The molecule has 0 saturated heterocycles. The Morgan fingerprint density at radius 3 is 2.33 bits per heavy atom. The zero-order valence-corrected chi connectivity index (χ0v) is 8.38. The maximum Gasteiger partial charge on any atom is 0.125 e. The molecule has 0 N–H and O–H groups in total. The van der Waals surface area contributed by atoms with Crippen molar-refractivity contribution >= 4 is 23.2 Å². The molecule has 0 spiro atoms. The van der Waals surface area contributed by atoms with Crippen LogP contribution in [0.2, 0.25) is 10.0 Å². The van der Waals surface area contributed by atoms with E-state index in [1.54, 1.807) is 12.1 Å². The van der Waals surface area contributed by atoms with E-state index in [1.807, 2.05) is 6.92 Å². The summed E-state index contributed by atoms with van der Waals surface area (Å²) in [4.78, 5) is 0. The van der Waals surface area contributed by atoms with E-state index in [-0.39, 0.29) is 0 Å². The molecule has 12 heavy (non-hydrogen) atoms. The summed E-state index contributed by atoms with van der Waals surface area (Å²) in [5.74, 6) is 0. The highest BCUT2D eigenvalue weighted by Gasteiger charge is 2.13. The van der Waals surface area contributed by atoms with Crippen molar-refractivity contribution in [3.63, 3.8) is 0 Å². The maximum atomic E-state index is 13.0. The number of rotatable bonds is 1. The smallest absolute Gasteiger partial charge is 0.125 e. The first-order chi connectivity index (χ1) is 5.54. The molecule has 0 aliphatic rings. The van der Waals surface area contributed by atoms with Crippen LogP contribution in [0.3, 0.4) is 0 Å². The number of hydrogen-bond donors (Lipinski definition) is 0. The van der Waals surface area contributed by atoms with Gasteiger partial charge in [-0.25, -0.2) is 4.39 Å². The molecule has 0 saturated carbocycles. The predicted octanol–water partition coefficient (Wildman–Crippen LogP) is 4.33. The van der Waals surface area contributed by atoms with Crippen LogP contribution in [0.15, 0.2) is 12.1 Å². The average molecular weight is 207 g/mol. The Labute approximate surface area is 81.3 Å². The largest absolute Gasteiger partial charge is 0.242 e. The minimum absolute atomic E-state index is 0.387. The molecule has 1 atom stereocenters. The van der Waals surface area contributed by atoms with E-state index in [9.17, 15) is 4.39 Å². The molecule has 1 aromatic carbocycles. The third-order valence-electron chi connectivity index (χ3n) is 1.72. The SMILES string of the molecule is Cc1ccc(Cl)c(C(C)F)c1Cl. The molecule has 0 amide bonds. The normalized spacial score (nSPS) is 13.1. The Morgan fingerprint density at radius 2 is 1.92 bits per heavy atom. The minimum atomic E-state index is -1.12. The van der Waals surface area contributed by atoms with Crippen molar-refractivity contribution in [2.45, 2.75) is 20.0 Å². The third kappa shape index (κ3) is 1.73. The number of alkyl halides is 1. The molecule has 0 aliphatic heterocycles. The van der Waals surface area contributed by atoms with Gasteiger partial charge in [0, 0.05) is 10.6 Å². The van der Waals surface area contributed by atoms with Crippen LogP contribution in [0.25, 0.3) is 0 Å². The summed E-state index contributed by atoms with van der Waals surface area (Å²) in [5, 5.41) is 0.818. The van der Waals surface area contributed by atoms with Crippen LogP contribution >= 0.6 is 23.2 Å². The van der Waals surface area contributed by atoms with Gasteiger partial charge in [0.15, 0.2) is 0 Å². The molecule has 1 aromatic rings. The first-order valence-electron chi connectivity index (χ1n) is 3.62. The summed E-state index contributed by atoms with van der Waals surface area (Å²) in [6.45, 7) is 3.25. The Morgan fingerprint density at radius 1 is 1.33 bits per heavy atom. The van der Waals surface area contributed by atoms with Gasteiger partial charge in [-0.1, -0.05) is 29.3 Å². The fourth-order valence-corrected chi connectivity index (χ4v) is 1.71. The molecule has 1 rings (SSSR count). The second-order valence-corrected chi connectivity index (χ2v) is 3.49. The first kappa shape index (κ1) is 9.82. The molecule has 0 fully saturated rings. The predicted molar refractivity (Wildman–Crippen MR) is 50.7 cm³/mol. The standard InChI is InChI=1S/C9H9Cl2F/c1-5-3-4-7(10)8(6(2)12)9(5)11/h3-4,6H,1-2H3. The summed E-state index contributed by atoms with van der Waals surface area (Å²) in [6.07, 6.45) is -1.12. The van der Waals surface area contributed by atoms with Gasteiger partial charge in [0.1, 0.15) is 6.17 Å². The number of hydrogen-bond acceptors (Lipinski definition) is 0. The van der Waals surface area contributed by atoms with Crippen molar-refractivity contribution in [3.8, 4) is 0 Å². The maximum absolute atomic E-state index is 13.0. The van der Waals surface area contributed by atoms with Gasteiger partial charge in [-0.3, -0.25) is 0 Å². The minimum Gasteiger partial charge on any atom is -0.242 e.